The van der Waals surface area contributed by atoms with Crippen LogP contribution in [0.1, 0.15) is 11.1 Å². The third-order valence-electron chi connectivity index (χ3n) is 2.83. The van der Waals surface area contributed by atoms with Crippen molar-refractivity contribution in [2.45, 2.75) is 0 Å². The van der Waals surface area contributed by atoms with Crippen molar-refractivity contribution >= 4 is 34.9 Å². The summed E-state index contributed by atoms with van der Waals surface area (Å²) in [5.41, 5.74) is 2.42. The molecule has 2 rings (SSSR count). The smallest absolute Gasteiger partial charge is 0.327 e. The predicted molar refractivity (Wildman–Crippen MR) is 85.4 cm³/mol. The van der Waals surface area contributed by atoms with E-state index in [0.717, 1.165) is 11.1 Å². The largest absolute Gasteiger partial charge is 0.468 e. The summed E-state index contributed by atoms with van der Waals surface area (Å²) in [7, 11) is 1.34. The molecule has 0 unspecified atom stereocenters. The maximum Gasteiger partial charge on any atom is 0.327 e. The lowest BCUT2D eigenvalue weighted by atomic mass is 10.0. The van der Waals surface area contributed by atoms with E-state index in [4.69, 9.17) is 23.2 Å². The Balaban J connectivity index is 2.41. The maximum absolute atomic E-state index is 11.3. The van der Waals surface area contributed by atoms with Crippen LogP contribution in [0.5, 0.6) is 0 Å². The van der Waals surface area contributed by atoms with Crippen molar-refractivity contribution in [2.24, 2.45) is 4.99 Å². The van der Waals surface area contributed by atoms with Crippen LogP contribution in [0.4, 0.5) is 0 Å². The molecular formula is C16H13Cl2NO2. The molecule has 0 bridgehead atoms. The lowest BCUT2D eigenvalue weighted by Crippen LogP contribution is -2.10. The highest BCUT2D eigenvalue weighted by atomic mass is 35.5. The summed E-state index contributed by atoms with van der Waals surface area (Å²) in [6, 6.07) is 14.5. The van der Waals surface area contributed by atoms with Crippen LogP contribution < -0.4 is 0 Å². The minimum absolute atomic E-state index is 0.0446. The van der Waals surface area contributed by atoms with Gasteiger partial charge in [-0.05, 0) is 24.3 Å². The summed E-state index contributed by atoms with van der Waals surface area (Å²) in [6.07, 6.45) is 0. The number of hydrogen-bond acceptors (Lipinski definition) is 3. The lowest BCUT2D eigenvalue weighted by molar-refractivity contribution is -0.138. The van der Waals surface area contributed by atoms with Crippen molar-refractivity contribution in [3.8, 4) is 0 Å². The van der Waals surface area contributed by atoms with E-state index >= 15 is 0 Å². The highest BCUT2D eigenvalue weighted by Crippen LogP contribution is 2.17. The monoisotopic (exact) mass is 321 g/mol. The fourth-order valence-corrected chi connectivity index (χ4v) is 2.02. The quantitative estimate of drug-likeness (QED) is 0.630. The Hall–Kier alpha value is -1.84. The molecule has 3 nitrogen and oxygen atoms in total. The third kappa shape index (κ3) is 4.31. The standard InChI is InChI=1S/C16H13Cl2NO2/c1-21-15(20)10-19-16(11-2-6-13(17)7-3-11)12-4-8-14(18)9-5-12/h2-9H,10H2,1H3. The van der Waals surface area contributed by atoms with E-state index < -0.39 is 5.97 Å². The molecule has 0 atom stereocenters. The number of rotatable bonds is 4. The van der Waals surface area contributed by atoms with Crippen LogP contribution in [0.3, 0.4) is 0 Å². The van der Waals surface area contributed by atoms with Gasteiger partial charge in [0.25, 0.3) is 0 Å². The number of carbonyl (C=O) groups excluding carboxylic acids is 1. The Morgan fingerprint density at radius 2 is 1.38 bits per heavy atom. The van der Waals surface area contributed by atoms with Crippen molar-refractivity contribution in [1.82, 2.24) is 0 Å². The first-order valence-electron chi connectivity index (χ1n) is 6.23. The second-order valence-corrected chi connectivity index (χ2v) is 5.13. The first-order valence-corrected chi connectivity index (χ1v) is 6.99. The number of aliphatic imine (C=N–C) groups is 1. The van der Waals surface area contributed by atoms with E-state index in [9.17, 15) is 4.79 Å². The molecule has 0 saturated carbocycles. The van der Waals surface area contributed by atoms with E-state index in [0.29, 0.717) is 15.8 Å². The van der Waals surface area contributed by atoms with Crippen LogP contribution in [0, 0.1) is 0 Å². The summed E-state index contributed by atoms with van der Waals surface area (Å²) in [5.74, 6) is -0.393. The van der Waals surface area contributed by atoms with Crippen LogP contribution in [-0.2, 0) is 9.53 Å². The minimum Gasteiger partial charge on any atom is -0.468 e. The van der Waals surface area contributed by atoms with E-state index in [1.165, 1.54) is 7.11 Å². The van der Waals surface area contributed by atoms with Crippen molar-refractivity contribution in [1.29, 1.82) is 0 Å². The average Bonchev–Trinajstić information content (AvgIpc) is 2.50. The van der Waals surface area contributed by atoms with Gasteiger partial charge in [-0.15, -0.1) is 0 Å². The van der Waals surface area contributed by atoms with Crippen LogP contribution in [0.2, 0.25) is 10.0 Å². The van der Waals surface area contributed by atoms with Gasteiger partial charge in [-0.25, -0.2) is 0 Å². The lowest BCUT2D eigenvalue weighted by Gasteiger charge is -2.08. The Labute approximate surface area is 133 Å². The molecule has 0 amide bonds. The second-order valence-electron chi connectivity index (χ2n) is 4.25. The Morgan fingerprint density at radius 3 is 1.76 bits per heavy atom. The highest BCUT2D eigenvalue weighted by molar-refractivity contribution is 6.31. The van der Waals surface area contributed by atoms with Crippen molar-refractivity contribution in [3.63, 3.8) is 0 Å². The number of hydrogen-bond donors (Lipinski definition) is 0. The van der Waals surface area contributed by atoms with Gasteiger partial charge < -0.3 is 4.74 Å². The van der Waals surface area contributed by atoms with Crippen LogP contribution in [0.25, 0.3) is 0 Å². The highest BCUT2D eigenvalue weighted by Gasteiger charge is 2.08. The molecule has 0 fully saturated rings. The number of esters is 1. The summed E-state index contributed by atoms with van der Waals surface area (Å²) in [6.45, 7) is -0.0446. The molecule has 0 saturated heterocycles. The van der Waals surface area contributed by atoms with Crippen molar-refractivity contribution < 1.29 is 9.53 Å². The molecule has 0 aliphatic heterocycles. The van der Waals surface area contributed by atoms with Gasteiger partial charge in [-0.1, -0.05) is 47.5 Å². The van der Waals surface area contributed by atoms with E-state index in [-0.39, 0.29) is 6.54 Å². The zero-order valence-corrected chi connectivity index (χ0v) is 12.9. The fraction of sp³-hybridized carbons (Fsp3) is 0.125. The van der Waals surface area contributed by atoms with Crippen molar-refractivity contribution in [2.75, 3.05) is 13.7 Å². The predicted octanol–water partition coefficient (Wildman–Crippen LogP) is 4.00. The molecule has 108 valence electrons. The van der Waals surface area contributed by atoms with Crippen LogP contribution in [0.15, 0.2) is 53.5 Å². The van der Waals surface area contributed by atoms with E-state index in [2.05, 4.69) is 9.73 Å². The topological polar surface area (TPSA) is 38.7 Å². The summed E-state index contributed by atoms with van der Waals surface area (Å²) in [4.78, 5) is 15.7. The number of methoxy groups -OCH3 is 1. The van der Waals surface area contributed by atoms with Gasteiger partial charge in [-0.3, -0.25) is 9.79 Å². The first kappa shape index (κ1) is 15.5. The van der Waals surface area contributed by atoms with Crippen molar-refractivity contribution in [3.05, 3.63) is 69.7 Å². The molecule has 0 aromatic heterocycles. The van der Waals surface area contributed by atoms with Gasteiger partial charge in [0.1, 0.15) is 6.54 Å². The molecule has 0 spiro atoms. The molecule has 0 aliphatic rings. The molecule has 2 aromatic carbocycles. The molecule has 0 heterocycles. The molecule has 0 aliphatic carbocycles. The van der Waals surface area contributed by atoms with E-state index in [1.54, 1.807) is 24.3 Å². The minimum atomic E-state index is -0.393. The maximum atomic E-state index is 11.3. The fourth-order valence-electron chi connectivity index (χ4n) is 1.77. The molecule has 2 aromatic rings. The Bertz CT molecular complexity index is 601. The molecule has 0 radical (unpaired) electrons. The van der Waals surface area contributed by atoms with Crippen LogP contribution in [-0.4, -0.2) is 25.3 Å². The molecule has 21 heavy (non-hydrogen) atoms. The van der Waals surface area contributed by atoms with E-state index in [1.807, 2.05) is 24.3 Å². The van der Waals surface area contributed by atoms with Gasteiger partial charge in [0.05, 0.1) is 12.8 Å². The SMILES string of the molecule is COC(=O)CN=C(c1ccc(Cl)cc1)c1ccc(Cl)cc1. The van der Waals surface area contributed by atoms with Gasteiger partial charge >= 0.3 is 5.97 Å². The Kier molecular flexibility index (Phi) is 5.37. The number of carbonyl (C=O) groups is 1. The van der Waals surface area contributed by atoms with Crippen LogP contribution >= 0.6 is 23.2 Å². The number of halogens is 2. The van der Waals surface area contributed by atoms with Gasteiger partial charge in [0.15, 0.2) is 0 Å². The summed E-state index contributed by atoms with van der Waals surface area (Å²) >= 11 is 11.8. The summed E-state index contributed by atoms with van der Waals surface area (Å²) in [5, 5.41) is 1.28. The normalized spacial score (nSPS) is 10.0. The average molecular weight is 322 g/mol. The second kappa shape index (κ2) is 7.25. The molecular weight excluding hydrogens is 309 g/mol. The summed E-state index contributed by atoms with van der Waals surface area (Å²) < 4.78 is 4.62. The van der Waals surface area contributed by atoms with Gasteiger partial charge in [-0.2, -0.15) is 0 Å². The number of benzene rings is 2. The van der Waals surface area contributed by atoms with Gasteiger partial charge in [0.2, 0.25) is 0 Å². The zero-order chi connectivity index (χ0) is 15.2. The third-order valence-corrected chi connectivity index (χ3v) is 3.33. The number of ether oxygens (including phenoxy) is 1. The molecule has 5 heteroatoms. The molecule has 0 N–H and O–H groups in total. The van der Waals surface area contributed by atoms with Gasteiger partial charge in [0, 0.05) is 21.2 Å². The number of nitrogens with zero attached hydrogens (tertiary/aromatic N) is 1. The zero-order valence-electron chi connectivity index (χ0n) is 11.3. The Morgan fingerprint density at radius 1 is 0.952 bits per heavy atom. The first-order chi connectivity index (χ1) is 10.1.